The van der Waals surface area contributed by atoms with Crippen molar-refractivity contribution in [2.45, 2.75) is 38.1 Å². The second kappa shape index (κ2) is 14.7. The molecule has 14 heteroatoms. The molecule has 204 valence electrons. The number of carbonyl (C=O) groups excluding carboxylic acids is 1. The molecule has 0 unspecified atom stereocenters. The summed E-state index contributed by atoms with van der Waals surface area (Å²) in [6, 6.07) is 21.5. The van der Waals surface area contributed by atoms with E-state index in [4.69, 9.17) is 42.0 Å². The largest absolute Gasteiger partial charge is 0.374 e. The van der Waals surface area contributed by atoms with Crippen LogP contribution in [0.25, 0.3) is 0 Å². The van der Waals surface area contributed by atoms with Crippen molar-refractivity contribution in [3.05, 3.63) is 66.2 Å². The van der Waals surface area contributed by atoms with E-state index < -0.39 is 20.5 Å². The molecule has 2 fully saturated rings. The molecule has 0 radical (unpaired) electrons. The Kier molecular flexibility index (Phi) is 12.3. The second-order valence-corrected chi connectivity index (χ2v) is 9.81. The van der Waals surface area contributed by atoms with Crippen molar-refractivity contribution in [3.63, 3.8) is 0 Å². The van der Waals surface area contributed by atoms with Crippen LogP contribution in [-0.2, 0) is 16.0 Å². The van der Waals surface area contributed by atoms with Crippen LogP contribution in [-0.4, -0.2) is 42.1 Å². The number of ether oxygens (including phenoxy) is 1. The van der Waals surface area contributed by atoms with E-state index in [0.717, 1.165) is 37.3 Å². The quantitative estimate of drug-likeness (QED) is 0.268. The van der Waals surface area contributed by atoms with Gasteiger partial charge in [0.05, 0.1) is 45.3 Å². The number of likely N-dealkylation sites (tertiary alicyclic amines) is 1. The molecule has 0 atom stereocenters. The van der Waals surface area contributed by atoms with E-state index in [2.05, 4.69) is 59.2 Å². The van der Waals surface area contributed by atoms with E-state index in [1.165, 1.54) is 25.2 Å². The SMILES string of the molecule is O=C1CCC(=[N+](c2ccccc2)C2CC[NH+](CCc3ccccc3)CC2)O1.[O-][Cl+3]([O-])([O-])[O-].[O-][Cl+3]([O-])([O-])[O-]. The van der Waals surface area contributed by atoms with Gasteiger partial charge in [0.25, 0.3) is 0 Å². The van der Waals surface area contributed by atoms with E-state index in [1.54, 1.807) is 4.90 Å². The summed E-state index contributed by atoms with van der Waals surface area (Å²) >= 11 is 0. The van der Waals surface area contributed by atoms with E-state index in [1.807, 2.05) is 6.07 Å². The third-order valence-electron chi connectivity index (χ3n) is 5.72. The fourth-order valence-electron chi connectivity index (χ4n) is 4.24. The predicted octanol–water partition coefficient (Wildman–Crippen LogP) is -7.16. The maximum atomic E-state index is 11.7. The van der Waals surface area contributed by atoms with Gasteiger partial charge >= 0.3 is 11.9 Å². The standard InChI is InChI=1S/C23H27N2O2.2ClHO4/c26-23-12-11-22(27-23)25(20-9-5-2-6-10-20)21-14-17-24(18-15-21)16-13-19-7-3-1-4-8-19;2*2-1(3,4)5/h1-10,21H,11-18H2;2*(H,2,3,4,5)/q+1;;/p-1. The Balaban J connectivity index is 0.000000412. The van der Waals surface area contributed by atoms with E-state index in [0.29, 0.717) is 12.5 Å². The number of piperidine rings is 1. The van der Waals surface area contributed by atoms with E-state index in [-0.39, 0.29) is 5.97 Å². The smallest absolute Gasteiger partial charge is 0.350 e. The number of cyclic esters (lactones) is 1. The van der Waals surface area contributed by atoms with Gasteiger partial charge in [0.2, 0.25) is 5.69 Å². The third kappa shape index (κ3) is 13.8. The Morgan fingerprint density at radius 1 is 0.784 bits per heavy atom. The number of rotatable bonds is 5. The molecule has 1 N–H and O–H groups in total. The summed E-state index contributed by atoms with van der Waals surface area (Å²) in [4.78, 5) is 13.3. The number of nitrogens with zero attached hydrogens (tertiary/aromatic N) is 1. The zero-order valence-electron chi connectivity index (χ0n) is 19.8. The van der Waals surface area contributed by atoms with Gasteiger partial charge in [-0.05, 0) is 5.56 Å². The van der Waals surface area contributed by atoms with Crippen LogP contribution < -0.4 is 42.2 Å². The second-order valence-electron chi connectivity index (χ2n) is 8.30. The van der Waals surface area contributed by atoms with Crippen molar-refractivity contribution in [2.75, 3.05) is 19.6 Å². The topological polar surface area (TPSA) is 218 Å². The highest BCUT2D eigenvalue weighted by Gasteiger charge is 2.37. The number of esters is 1. The summed E-state index contributed by atoms with van der Waals surface area (Å²) < 4.78 is 75.8. The van der Waals surface area contributed by atoms with Gasteiger partial charge in [-0.2, -0.15) is 4.58 Å². The van der Waals surface area contributed by atoms with Crippen LogP contribution in [0.4, 0.5) is 5.69 Å². The maximum Gasteiger partial charge on any atom is 0.350 e. The summed E-state index contributed by atoms with van der Waals surface area (Å²) in [5, 5.41) is 0. The van der Waals surface area contributed by atoms with Crippen LogP contribution in [0.3, 0.4) is 0 Å². The highest BCUT2D eigenvalue weighted by Crippen LogP contribution is 2.22. The van der Waals surface area contributed by atoms with Crippen molar-refractivity contribution in [2.24, 2.45) is 0 Å². The number of para-hydroxylation sites is 1. The predicted molar refractivity (Wildman–Crippen MR) is 105 cm³/mol. The molecule has 0 spiro atoms. The van der Waals surface area contributed by atoms with E-state index in [9.17, 15) is 4.79 Å². The fourth-order valence-corrected chi connectivity index (χ4v) is 4.24. The molecule has 2 aliphatic heterocycles. The molecule has 12 nitrogen and oxygen atoms in total. The van der Waals surface area contributed by atoms with E-state index >= 15 is 0 Å². The van der Waals surface area contributed by atoms with Gasteiger partial charge in [0.15, 0.2) is 6.04 Å². The molecule has 4 rings (SSSR count). The van der Waals surface area contributed by atoms with Crippen LogP contribution in [0.1, 0.15) is 31.2 Å². The first-order valence-electron chi connectivity index (χ1n) is 11.3. The molecule has 2 aromatic carbocycles. The van der Waals surface area contributed by atoms with Gasteiger partial charge in [-0.25, -0.2) is 37.3 Å². The highest BCUT2D eigenvalue weighted by atomic mass is 35.7. The normalized spacial score (nSPS) is 21.1. The molecule has 0 amide bonds. The zero-order chi connectivity index (χ0) is 27.5. The van der Waals surface area contributed by atoms with Crippen molar-refractivity contribution in [1.29, 1.82) is 0 Å². The molecule has 0 aliphatic carbocycles. The molecule has 0 aromatic heterocycles. The summed E-state index contributed by atoms with van der Waals surface area (Å²) in [5.41, 5.74) is 2.56. The van der Waals surface area contributed by atoms with Crippen LogP contribution in [0.5, 0.6) is 0 Å². The summed E-state index contributed by atoms with van der Waals surface area (Å²) in [7, 11) is -9.89. The van der Waals surface area contributed by atoms with Gasteiger partial charge in [-0.3, -0.25) is 4.79 Å². The summed E-state index contributed by atoms with van der Waals surface area (Å²) in [5.74, 6) is 0.737. The van der Waals surface area contributed by atoms with Crippen molar-refractivity contribution >= 4 is 17.6 Å². The Bertz CT molecular complexity index is 966. The number of halogens is 2. The lowest BCUT2D eigenvalue weighted by atomic mass is 10.0. The Morgan fingerprint density at radius 3 is 1.73 bits per heavy atom. The van der Waals surface area contributed by atoms with Gasteiger partial charge < -0.3 is 9.64 Å². The lowest BCUT2D eigenvalue weighted by Gasteiger charge is -2.28. The number of carbonyl (C=O) groups is 1. The van der Waals surface area contributed by atoms with Crippen molar-refractivity contribution in [3.8, 4) is 0 Å². The van der Waals surface area contributed by atoms with Gasteiger partial charge in [-0.1, -0.05) is 48.5 Å². The average Bonchev–Trinajstić information content (AvgIpc) is 3.23. The fraction of sp³-hybridized carbons (Fsp3) is 0.391. The number of quaternary nitrogens is 1. The molecule has 2 aromatic rings. The molecular weight excluding hydrogens is 535 g/mol. The summed E-state index contributed by atoms with van der Waals surface area (Å²) in [6.45, 7) is 3.53. The first kappa shape index (κ1) is 31.0. The Labute approximate surface area is 218 Å². The van der Waals surface area contributed by atoms with Gasteiger partial charge in [0, 0.05) is 18.6 Å². The number of hydrogen-bond acceptors (Lipinski definition) is 10. The highest BCUT2D eigenvalue weighted by molar-refractivity contribution is 5.93. The minimum Gasteiger partial charge on any atom is -0.374 e. The Morgan fingerprint density at radius 2 is 1.27 bits per heavy atom. The Hall–Kier alpha value is -2.20. The monoisotopic (exact) mass is 562 g/mol. The zero-order valence-corrected chi connectivity index (χ0v) is 21.3. The van der Waals surface area contributed by atoms with Crippen molar-refractivity contribution < 1.29 is 76.8 Å². The number of hydrogen-bond donors (Lipinski definition) is 1. The summed E-state index contributed by atoms with van der Waals surface area (Å²) in [6.07, 6.45) is 4.60. The number of nitrogens with one attached hydrogen (secondary N) is 1. The van der Waals surface area contributed by atoms with Gasteiger partial charge in [-0.15, -0.1) is 20.5 Å². The molecule has 2 heterocycles. The molecule has 37 heavy (non-hydrogen) atoms. The first-order valence-corrected chi connectivity index (χ1v) is 13.8. The van der Waals surface area contributed by atoms with Gasteiger partial charge in [0.1, 0.15) is 0 Å². The minimum absolute atomic E-state index is 0.100. The average molecular weight is 563 g/mol. The molecule has 0 saturated carbocycles. The maximum absolute atomic E-state index is 11.7. The van der Waals surface area contributed by atoms with Crippen LogP contribution in [0.2, 0.25) is 0 Å². The lowest BCUT2D eigenvalue weighted by Crippen LogP contribution is -3.13. The molecular formula is C23H28Cl2N2O10. The molecule has 2 saturated heterocycles. The lowest BCUT2D eigenvalue weighted by molar-refractivity contribution is -2.00. The third-order valence-corrected chi connectivity index (χ3v) is 5.72. The molecule has 0 bridgehead atoms. The molecule has 2 aliphatic rings. The van der Waals surface area contributed by atoms with Crippen LogP contribution in [0, 0.1) is 20.5 Å². The first-order chi connectivity index (χ1) is 17.3. The van der Waals surface area contributed by atoms with Crippen LogP contribution >= 0.6 is 0 Å². The number of benzene rings is 2. The van der Waals surface area contributed by atoms with Crippen molar-refractivity contribution in [1.82, 2.24) is 0 Å². The minimum atomic E-state index is -4.94. The van der Waals surface area contributed by atoms with Crippen LogP contribution in [0.15, 0.2) is 60.7 Å².